The van der Waals surface area contributed by atoms with Crippen molar-refractivity contribution in [2.75, 3.05) is 19.7 Å². The van der Waals surface area contributed by atoms with Crippen LogP contribution >= 0.6 is 0 Å². The van der Waals surface area contributed by atoms with Crippen LogP contribution in [0, 0.1) is 0 Å². The fraction of sp³-hybridized carbons (Fsp3) is 0.533. The zero-order valence-electron chi connectivity index (χ0n) is 11.7. The smallest absolute Gasteiger partial charge is 0.416 e. The van der Waals surface area contributed by atoms with Crippen LogP contribution in [0.1, 0.15) is 30.4 Å². The monoisotopic (exact) mass is 301 g/mol. The molecule has 0 N–H and O–H groups in total. The fourth-order valence-corrected chi connectivity index (χ4v) is 2.28. The number of ether oxygens (including phenoxy) is 1. The molecule has 1 saturated heterocycles. The van der Waals surface area contributed by atoms with Gasteiger partial charge in [0.15, 0.2) is 0 Å². The standard InChI is InChI=1S/C15H18F3NO2/c16-15(17,18)13-6-4-12(5-7-13)8-11-21-14(20)19-9-2-1-3-10-19/h4-7H,1-3,8-11H2. The number of benzene rings is 1. The van der Waals surface area contributed by atoms with E-state index in [0.29, 0.717) is 6.42 Å². The first kappa shape index (κ1) is 15.7. The Balaban J connectivity index is 1.76. The lowest BCUT2D eigenvalue weighted by atomic mass is 10.1. The number of halogens is 3. The number of amides is 1. The number of carbonyl (C=O) groups is 1. The number of piperidine rings is 1. The maximum atomic E-state index is 12.4. The molecule has 0 spiro atoms. The van der Waals surface area contributed by atoms with Gasteiger partial charge in [-0.15, -0.1) is 0 Å². The Morgan fingerprint density at radius 2 is 1.71 bits per heavy atom. The van der Waals surface area contributed by atoms with Gasteiger partial charge in [-0.1, -0.05) is 12.1 Å². The van der Waals surface area contributed by atoms with E-state index in [4.69, 9.17) is 4.74 Å². The van der Waals surface area contributed by atoms with E-state index in [-0.39, 0.29) is 12.7 Å². The SMILES string of the molecule is O=C(OCCc1ccc(C(F)(F)F)cc1)N1CCCCC1. The first-order chi connectivity index (χ1) is 9.97. The number of alkyl halides is 3. The minimum Gasteiger partial charge on any atom is -0.449 e. The van der Waals surface area contributed by atoms with E-state index in [9.17, 15) is 18.0 Å². The molecular formula is C15H18F3NO2. The number of rotatable bonds is 3. The molecule has 0 aliphatic carbocycles. The molecule has 1 fully saturated rings. The summed E-state index contributed by atoms with van der Waals surface area (Å²) in [5.41, 5.74) is 0.0472. The fourth-order valence-electron chi connectivity index (χ4n) is 2.28. The van der Waals surface area contributed by atoms with Gasteiger partial charge < -0.3 is 9.64 Å². The van der Waals surface area contributed by atoms with Crippen LogP contribution in [0.5, 0.6) is 0 Å². The predicted octanol–water partition coefficient (Wildman–Crippen LogP) is 3.87. The summed E-state index contributed by atoms with van der Waals surface area (Å²) in [5, 5.41) is 0. The number of hydrogen-bond donors (Lipinski definition) is 0. The van der Waals surface area contributed by atoms with Crippen molar-refractivity contribution in [2.24, 2.45) is 0 Å². The van der Waals surface area contributed by atoms with Crippen LogP contribution < -0.4 is 0 Å². The van der Waals surface area contributed by atoms with E-state index >= 15 is 0 Å². The lowest BCUT2D eigenvalue weighted by Crippen LogP contribution is -2.36. The van der Waals surface area contributed by atoms with Gasteiger partial charge in [0, 0.05) is 19.5 Å². The van der Waals surface area contributed by atoms with Crippen molar-refractivity contribution >= 4 is 6.09 Å². The van der Waals surface area contributed by atoms with E-state index in [1.165, 1.54) is 12.1 Å². The van der Waals surface area contributed by atoms with Crippen molar-refractivity contribution in [3.05, 3.63) is 35.4 Å². The molecule has 3 nitrogen and oxygen atoms in total. The van der Waals surface area contributed by atoms with E-state index in [1.54, 1.807) is 4.90 Å². The predicted molar refractivity (Wildman–Crippen MR) is 71.9 cm³/mol. The van der Waals surface area contributed by atoms with Crippen molar-refractivity contribution in [1.29, 1.82) is 0 Å². The third-order valence-corrected chi connectivity index (χ3v) is 3.51. The van der Waals surface area contributed by atoms with Gasteiger partial charge in [-0.2, -0.15) is 13.2 Å². The maximum Gasteiger partial charge on any atom is 0.416 e. The van der Waals surface area contributed by atoms with Crippen molar-refractivity contribution in [2.45, 2.75) is 31.9 Å². The molecule has 1 aliphatic rings. The lowest BCUT2D eigenvalue weighted by Gasteiger charge is -2.25. The van der Waals surface area contributed by atoms with E-state index in [0.717, 1.165) is 50.0 Å². The quantitative estimate of drug-likeness (QED) is 0.848. The first-order valence-electron chi connectivity index (χ1n) is 7.04. The topological polar surface area (TPSA) is 29.5 Å². The van der Waals surface area contributed by atoms with Gasteiger partial charge in [-0.25, -0.2) is 4.79 Å². The van der Waals surface area contributed by atoms with Crippen molar-refractivity contribution in [3.63, 3.8) is 0 Å². The Labute approximate surface area is 121 Å². The van der Waals surface area contributed by atoms with E-state index in [1.807, 2.05) is 0 Å². The maximum absolute atomic E-state index is 12.4. The number of likely N-dealkylation sites (tertiary alicyclic amines) is 1. The van der Waals surface area contributed by atoms with Crippen LogP contribution in [-0.2, 0) is 17.3 Å². The second kappa shape index (κ2) is 6.83. The van der Waals surface area contributed by atoms with Crippen LogP contribution in [-0.4, -0.2) is 30.7 Å². The van der Waals surface area contributed by atoms with Crippen LogP contribution in [0.3, 0.4) is 0 Å². The molecule has 1 aromatic rings. The average Bonchev–Trinajstić information content (AvgIpc) is 2.47. The van der Waals surface area contributed by atoms with Crippen molar-refractivity contribution in [1.82, 2.24) is 4.90 Å². The van der Waals surface area contributed by atoms with Gasteiger partial charge in [0.2, 0.25) is 0 Å². The average molecular weight is 301 g/mol. The molecule has 1 aliphatic heterocycles. The normalized spacial score (nSPS) is 15.9. The van der Waals surface area contributed by atoms with Gasteiger partial charge in [0.25, 0.3) is 0 Å². The molecule has 0 atom stereocenters. The zero-order chi connectivity index (χ0) is 15.3. The number of hydrogen-bond acceptors (Lipinski definition) is 2. The zero-order valence-corrected chi connectivity index (χ0v) is 11.7. The molecule has 0 unspecified atom stereocenters. The Kier molecular flexibility index (Phi) is 5.09. The summed E-state index contributed by atoms with van der Waals surface area (Å²) in [4.78, 5) is 13.4. The summed E-state index contributed by atoms with van der Waals surface area (Å²) in [7, 11) is 0. The van der Waals surface area contributed by atoms with Gasteiger partial charge >= 0.3 is 12.3 Å². The molecule has 116 valence electrons. The van der Waals surface area contributed by atoms with E-state index in [2.05, 4.69) is 0 Å². The van der Waals surface area contributed by atoms with Gasteiger partial charge in [0.05, 0.1) is 12.2 Å². The molecule has 0 bridgehead atoms. The third kappa shape index (κ3) is 4.65. The summed E-state index contributed by atoms with van der Waals surface area (Å²) < 4.78 is 42.4. The highest BCUT2D eigenvalue weighted by atomic mass is 19.4. The Hall–Kier alpha value is -1.72. The molecule has 0 saturated carbocycles. The summed E-state index contributed by atoms with van der Waals surface area (Å²) in [6.07, 6.45) is -1.12. The molecular weight excluding hydrogens is 283 g/mol. The summed E-state index contributed by atoms with van der Waals surface area (Å²) in [5.74, 6) is 0. The van der Waals surface area contributed by atoms with Crippen molar-refractivity contribution in [3.8, 4) is 0 Å². The minimum atomic E-state index is -4.32. The van der Waals surface area contributed by atoms with Crippen LogP contribution in [0.25, 0.3) is 0 Å². The van der Waals surface area contributed by atoms with Crippen LogP contribution in [0.4, 0.5) is 18.0 Å². The van der Waals surface area contributed by atoms with Gasteiger partial charge in [-0.3, -0.25) is 0 Å². The third-order valence-electron chi connectivity index (χ3n) is 3.51. The molecule has 2 rings (SSSR count). The van der Waals surface area contributed by atoms with Crippen molar-refractivity contribution < 1.29 is 22.7 Å². The van der Waals surface area contributed by atoms with E-state index < -0.39 is 11.7 Å². The second-order valence-electron chi connectivity index (χ2n) is 5.11. The Morgan fingerprint density at radius 3 is 2.29 bits per heavy atom. The molecule has 1 amide bonds. The molecule has 6 heteroatoms. The lowest BCUT2D eigenvalue weighted by molar-refractivity contribution is -0.137. The van der Waals surface area contributed by atoms with Crippen LogP contribution in [0.15, 0.2) is 24.3 Å². The van der Waals surface area contributed by atoms with Crippen LogP contribution in [0.2, 0.25) is 0 Å². The number of carbonyl (C=O) groups excluding carboxylic acids is 1. The second-order valence-corrected chi connectivity index (χ2v) is 5.11. The Morgan fingerprint density at radius 1 is 1.10 bits per heavy atom. The molecule has 0 aromatic heterocycles. The molecule has 21 heavy (non-hydrogen) atoms. The summed E-state index contributed by atoms with van der Waals surface area (Å²) in [6.45, 7) is 1.62. The largest absolute Gasteiger partial charge is 0.449 e. The summed E-state index contributed by atoms with van der Waals surface area (Å²) >= 11 is 0. The minimum absolute atomic E-state index is 0.181. The molecule has 1 heterocycles. The van der Waals surface area contributed by atoms with Gasteiger partial charge in [-0.05, 0) is 37.0 Å². The highest BCUT2D eigenvalue weighted by Crippen LogP contribution is 2.29. The number of nitrogens with zero attached hydrogens (tertiary/aromatic N) is 1. The highest BCUT2D eigenvalue weighted by molar-refractivity contribution is 5.67. The first-order valence-corrected chi connectivity index (χ1v) is 7.04. The molecule has 0 radical (unpaired) electrons. The molecule has 1 aromatic carbocycles. The Bertz CT molecular complexity index is 465. The van der Waals surface area contributed by atoms with Gasteiger partial charge in [0.1, 0.15) is 0 Å². The highest BCUT2D eigenvalue weighted by Gasteiger charge is 2.29. The summed E-state index contributed by atoms with van der Waals surface area (Å²) in [6, 6.07) is 4.92.